The molecule has 0 saturated heterocycles. The smallest absolute Gasteiger partial charge is 0.229 e. The second-order valence-corrected chi connectivity index (χ2v) is 12.4. The van der Waals surface area contributed by atoms with Crippen LogP contribution in [-0.2, 0) is 25.2 Å². The van der Waals surface area contributed by atoms with Gasteiger partial charge in [0.15, 0.2) is 11.6 Å². The molecule has 37 heavy (non-hydrogen) atoms. The highest BCUT2D eigenvalue weighted by atomic mass is 32.3. The van der Waals surface area contributed by atoms with E-state index in [9.17, 15) is 27.4 Å². The lowest BCUT2D eigenvalue weighted by Crippen LogP contribution is -2.53. The first-order valence-electron chi connectivity index (χ1n) is 11.1. The van der Waals surface area contributed by atoms with E-state index >= 15 is 0 Å². The third-order valence-electron chi connectivity index (χ3n) is 5.87. The average molecular weight is 549 g/mol. The highest BCUT2D eigenvalue weighted by Gasteiger charge is 2.49. The van der Waals surface area contributed by atoms with Crippen molar-refractivity contribution >= 4 is 49.6 Å². The summed E-state index contributed by atoms with van der Waals surface area (Å²) in [6.07, 6.45) is 3.00. The van der Waals surface area contributed by atoms with Crippen molar-refractivity contribution in [2.45, 2.75) is 30.7 Å². The summed E-state index contributed by atoms with van der Waals surface area (Å²) in [5.74, 6) is -1.22. The molecule has 0 saturated carbocycles. The molecule has 0 fully saturated rings. The van der Waals surface area contributed by atoms with Gasteiger partial charge in [0.2, 0.25) is 10.0 Å². The zero-order chi connectivity index (χ0) is 27.2. The van der Waals surface area contributed by atoms with Gasteiger partial charge in [-0.3, -0.25) is 18.6 Å². The average Bonchev–Trinajstić information content (AvgIpc) is 2.80. The number of nitrogens with one attached hydrogen (secondary N) is 3. The highest BCUT2D eigenvalue weighted by Crippen LogP contribution is 2.57. The maximum Gasteiger partial charge on any atom is 0.229 e. The van der Waals surface area contributed by atoms with Crippen molar-refractivity contribution in [3.63, 3.8) is 0 Å². The Labute approximate surface area is 216 Å². The molecule has 1 aliphatic carbocycles. The maximum absolute atomic E-state index is 14.1. The number of hydrogen-bond donors (Lipinski definition) is 6. The van der Waals surface area contributed by atoms with Gasteiger partial charge in [-0.05, 0) is 44.0 Å². The molecule has 2 aliphatic rings. The summed E-state index contributed by atoms with van der Waals surface area (Å²) in [4.78, 5) is 19.3. The summed E-state index contributed by atoms with van der Waals surface area (Å²) in [6, 6.07) is 10.9. The third-order valence-corrected chi connectivity index (χ3v) is 7.85. The number of Topliss-reactive ketones (excluding diaryl/α,β-unsaturated/α-hetero) is 1. The first-order valence-corrected chi connectivity index (χ1v) is 14.5. The predicted molar refractivity (Wildman–Crippen MR) is 144 cm³/mol. The Morgan fingerprint density at radius 1 is 1.22 bits per heavy atom. The van der Waals surface area contributed by atoms with Gasteiger partial charge in [0, 0.05) is 5.56 Å². The first kappa shape index (κ1) is 26.9. The quantitative estimate of drug-likeness (QED) is 0.220. The van der Waals surface area contributed by atoms with E-state index in [1.54, 1.807) is 24.3 Å². The molecule has 0 amide bonds. The number of ketones is 1. The number of hydroxylamine groups is 1. The van der Waals surface area contributed by atoms with Gasteiger partial charge in [-0.1, -0.05) is 46.7 Å². The zero-order valence-corrected chi connectivity index (χ0v) is 22.2. The lowest BCUT2D eigenvalue weighted by Gasteiger charge is -2.40. The molecule has 0 aromatic heterocycles. The Morgan fingerprint density at radius 3 is 2.57 bits per heavy atom. The van der Waals surface area contributed by atoms with Crippen LogP contribution in [0.2, 0.25) is 0 Å². The number of hydrogen-bond acceptors (Lipinski definition) is 10. The van der Waals surface area contributed by atoms with E-state index in [2.05, 4.69) is 19.9 Å². The summed E-state index contributed by atoms with van der Waals surface area (Å²) in [7, 11) is -6.12. The maximum atomic E-state index is 14.1. The number of allylic oxidation sites excluding steroid dienone is 1. The molecule has 2 aromatic carbocycles. The molecule has 1 atom stereocenters. The molecule has 0 spiro atoms. The lowest BCUT2D eigenvalue weighted by atomic mass is 9.72. The van der Waals surface area contributed by atoms with Crippen molar-refractivity contribution in [3.05, 3.63) is 70.8 Å². The summed E-state index contributed by atoms with van der Waals surface area (Å²) < 4.78 is 51.3. The number of carbonyl (C=O) groups excluding carboxylic acids is 1. The molecule has 13 heteroatoms. The molecule has 6 N–H and O–H groups in total. The van der Waals surface area contributed by atoms with Crippen molar-refractivity contribution < 1.29 is 32.3 Å². The fourth-order valence-electron chi connectivity index (χ4n) is 4.30. The molecule has 1 aliphatic heterocycles. The first-order chi connectivity index (χ1) is 17.3. The molecule has 1 unspecified atom stereocenters. The lowest BCUT2D eigenvalue weighted by molar-refractivity contribution is -0.128. The zero-order valence-electron chi connectivity index (χ0n) is 20.6. The van der Waals surface area contributed by atoms with Crippen LogP contribution in [0.5, 0.6) is 0 Å². The van der Waals surface area contributed by atoms with Gasteiger partial charge in [0.25, 0.3) is 0 Å². The minimum Gasteiger partial charge on any atom is -0.506 e. The normalized spacial score (nSPS) is 21.2. The number of rotatable bonds is 7. The van der Waals surface area contributed by atoms with Crippen LogP contribution in [-0.4, -0.2) is 47.6 Å². The Balaban J connectivity index is 1.88. The molecule has 2 aromatic rings. The van der Waals surface area contributed by atoms with Crippen LogP contribution in [0.4, 0.5) is 11.4 Å². The van der Waals surface area contributed by atoms with Crippen LogP contribution in [0, 0.1) is 0 Å². The summed E-state index contributed by atoms with van der Waals surface area (Å²) in [5, 5.41) is 14.1. The van der Waals surface area contributed by atoms with E-state index in [4.69, 9.17) is 4.84 Å². The number of anilines is 2. The molecule has 1 heterocycles. The Kier molecular flexibility index (Phi) is 6.96. The van der Waals surface area contributed by atoms with Crippen LogP contribution in [0.3, 0.4) is 0 Å². The Morgan fingerprint density at radius 2 is 1.92 bits per heavy atom. The number of fused-ring (bicyclic) bond motifs is 2. The summed E-state index contributed by atoms with van der Waals surface area (Å²) >= 11 is 0. The van der Waals surface area contributed by atoms with Gasteiger partial charge >= 0.3 is 0 Å². The van der Waals surface area contributed by atoms with Crippen molar-refractivity contribution in [1.29, 1.82) is 0 Å². The van der Waals surface area contributed by atoms with Crippen LogP contribution < -0.4 is 15.5 Å². The fraction of sp³-hybridized carbons (Fsp3) is 0.250. The second-order valence-electron chi connectivity index (χ2n) is 8.96. The number of aliphatic hydroxyl groups is 1. The van der Waals surface area contributed by atoms with E-state index in [1.807, 2.05) is 19.9 Å². The molecule has 11 nitrogen and oxygen atoms in total. The van der Waals surface area contributed by atoms with Gasteiger partial charge in [0.1, 0.15) is 21.8 Å². The third kappa shape index (κ3) is 5.01. The minimum atomic E-state index is -3.89. The van der Waals surface area contributed by atoms with Crippen LogP contribution in [0.1, 0.15) is 31.4 Å². The molecule has 198 valence electrons. The van der Waals surface area contributed by atoms with Crippen molar-refractivity contribution in [1.82, 2.24) is 5.48 Å². The number of carbonyl (C=O) groups is 1. The van der Waals surface area contributed by atoms with Gasteiger partial charge in [-0.15, -0.1) is 4.40 Å². The van der Waals surface area contributed by atoms with Crippen molar-refractivity contribution in [3.8, 4) is 0 Å². The Bertz CT molecular complexity index is 1480. The van der Waals surface area contributed by atoms with Gasteiger partial charge in [-0.2, -0.15) is 5.48 Å². The van der Waals surface area contributed by atoms with Crippen LogP contribution >= 0.6 is 10.8 Å². The number of nitrogens with zero attached hydrogens (tertiary/aromatic N) is 1. The van der Waals surface area contributed by atoms with E-state index < -0.39 is 32.1 Å². The van der Waals surface area contributed by atoms with Crippen LogP contribution in [0.25, 0.3) is 5.76 Å². The van der Waals surface area contributed by atoms with E-state index in [1.165, 1.54) is 25.3 Å². The van der Waals surface area contributed by atoms with Crippen molar-refractivity contribution in [2.24, 2.45) is 4.40 Å². The summed E-state index contributed by atoms with van der Waals surface area (Å²) in [6.45, 7) is 3.78. The van der Waals surface area contributed by atoms with Gasteiger partial charge in [0.05, 0.1) is 24.7 Å². The number of amidine groups is 1. The molecular weight excluding hydrogens is 520 g/mol. The largest absolute Gasteiger partial charge is 0.506 e. The topological polar surface area (TPSA) is 170 Å². The second kappa shape index (κ2) is 9.59. The number of aliphatic hydroxyl groups excluding tert-OH is 1. The van der Waals surface area contributed by atoms with E-state index in [0.717, 1.165) is 11.8 Å². The fourth-order valence-corrected chi connectivity index (χ4v) is 6.05. The highest BCUT2D eigenvalue weighted by molar-refractivity contribution is 8.23. The van der Waals surface area contributed by atoms with E-state index in [-0.39, 0.29) is 39.9 Å². The molecular formula is C24H28N4O7S2. The number of benzene rings is 2. The van der Waals surface area contributed by atoms with Crippen LogP contribution in [0.15, 0.2) is 69.0 Å². The Hall–Kier alpha value is -3.20. The molecule has 4 rings (SSSR count). The van der Waals surface area contributed by atoms with Gasteiger partial charge < -0.3 is 15.3 Å². The van der Waals surface area contributed by atoms with Gasteiger partial charge in [-0.25, -0.2) is 8.42 Å². The summed E-state index contributed by atoms with van der Waals surface area (Å²) in [5.41, 5.74) is 3.20. The monoisotopic (exact) mass is 548 g/mol. The van der Waals surface area contributed by atoms with Crippen molar-refractivity contribution in [2.75, 3.05) is 23.4 Å². The minimum absolute atomic E-state index is 0.0699. The SMILES string of the molecule is CONC1(CC=C(C)C)C(=O)C(C2=NS(O)(O)c3cc(NS(C)(=O)=O)ccc3N2)=C(O)c2ccccc21. The van der Waals surface area contributed by atoms with E-state index in [0.29, 0.717) is 11.1 Å². The molecule has 0 radical (unpaired) electrons. The number of sulfonamides is 1. The molecule has 0 bridgehead atoms. The predicted octanol–water partition coefficient (Wildman–Crippen LogP) is 4.16. The standard InChI is InChI=1S/C24H28N4O7S2/c1-14(2)11-12-24(28-35-3)17-8-6-5-7-16(17)21(29)20(22(24)30)23-25-18-10-9-15(26-36(4,31)32)13-19(18)37(33,34)27-23/h5-11,13,26,28-29,33-34H,12H2,1-4H3,(H,25,27).